The predicted molar refractivity (Wildman–Crippen MR) is 73.5 cm³/mol. The monoisotopic (exact) mass is 262 g/mol. The van der Waals surface area contributed by atoms with Gasteiger partial charge in [-0.3, -0.25) is 15.1 Å². The van der Waals surface area contributed by atoms with Gasteiger partial charge in [-0.2, -0.15) is 0 Å². The molecule has 0 aliphatic heterocycles. The maximum absolute atomic E-state index is 10.8. The fourth-order valence-electron chi connectivity index (χ4n) is 1.44. The molecule has 1 aromatic carbocycles. The van der Waals surface area contributed by atoms with Crippen LogP contribution in [0.2, 0.25) is 0 Å². The van der Waals surface area contributed by atoms with Crippen molar-refractivity contribution in [3.05, 3.63) is 70.0 Å². The first-order chi connectivity index (χ1) is 8.27. The Balaban J connectivity index is 0.00000162. The summed E-state index contributed by atoms with van der Waals surface area (Å²) in [7, 11) is 0. The van der Waals surface area contributed by atoms with Crippen LogP contribution in [0.25, 0.3) is 12.2 Å². The first-order valence-corrected chi connectivity index (χ1v) is 5.10. The number of benzene rings is 1. The summed E-state index contributed by atoms with van der Waals surface area (Å²) >= 11 is 0. The van der Waals surface area contributed by atoms with E-state index in [9.17, 15) is 10.1 Å². The molecule has 2 rings (SSSR count). The van der Waals surface area contributed by atoms with Gasteiger partial charge in [0.05, 0.1) is 16.2 Å². The summed E-state index contributed by atoms with van der Waals surface area (Å²) in [5.74, 6) is 0. The van der Waals surface area contributed by atoms with E-state index < -0.39 is 4.92 Å². The minimum Gasteiger partial charge on any atom is -0.258 e. The highest BCUT2D eigenvalue weighted by Gasteiger charge is 2.08. The zero-order valence-corrected chi connectivity index (χ0v) is 10.2. The Morgan fingerprint density at radius 2 is 1.78 bits per heavy atom. The standard InChI is InChI=1S/C13H10N2O2.ClH/c16-15(17)13-7-2-1-5-11(13)8-9-12-6-3-4-10-14-12;/h1-10H;1H. The number of nitrogens with zero attached hydrogens (tertiary/aromatic N) is 2. The lowest BCUT2D eigenvalue weighted by Gasteiger charge is -1.96. The van der Waals surface area contributed by atoms with Crippen molar-refractivity contribution < 1.29 is 4.92 Å². The van der Waals surface area contributed by atoms with Gasteiger partial charge in [0, 0.05) is 12.3 Å². The Bertz CT molecular complexity index is 556. The lowest BCUT2D eigenvalue weighted by molar-refractivity contribution is -0.385. The van der Waals surface area contributed by atoms with E-state index in [1.165, 1.54) is 6.07 Å². The van der Waals surface area contributed by atoms with E-state index in [1.54, 1.807) is 36.5 Å². The van der Waals surface area contributed by atoms with Crippen molar-refractivity contribution in [3.63, 3.8) is 0 Å². The average Bonchev–Trinajstić information content (AvgIpc) is 2.38. The van der Waals surface area contributed by atoms with Gasteiger partial charge in [0.15, 0.2) is 0 Å². The number of para-hydroxylation sites is 1. The molecule has 1 heterocycles. The summed E-state index contributed by atoms with van der Waals surface area (Å²) in [5, 5.41) is 10.8. The topological polar surface area (TPSA) is 56.0 Å². The van der Waals surface area contributed by atoms with Crippen LogP contribution < -0.4 is 0 Å². The van der Waals surface area contributed by atoms with E-state index >= 15 is 0 Å². The molecule has 0 spiro atoms. The molecule has 0 aliphatic rings. The molecule has 0 N–H and O–H groups in total. The van der Waals surface area contributed by atoms with Gasteiger partial charge in [-0.15, -0.1) is 12.4 Å². The third-order valence-corrected chi connectivity index (χ3v) is 2.25. The van der Waals surface area contributed by atoms with E-state index in [4.69, 9.17) is 0 Å². The fraction of sp³-hybridized carbons (Fsp3) is 0. The summed E-state index contributed by atoms with van der Waals surface area (Å²) in [5.41, 5.74) is 1.44. The molecule has 5 heteroatoms. The summed E-state index contributed by atoms with van der Waals surface area (Å²) < 4.78 is 0. The number of hydrogen-bond acceptors (Lipinski definition) is 3. The summed E-state index contributed by atoms with van der Waals surface area (Å²) in [6.45, 7) is 0. The van der Waals surface area contributed by atoms with Crippen LogP contribution in [0.15, 0.2) is 48.7 Å². The number of rotatable bonds is 3. The van der Waals surface area contributed by atoms with Gasteiger partial charge in [-0.25, -0.2) is 0 Å². The van der Waals surface area contributed by atoms with Crippen molar-refractivity contribution in [2.24, 2.45) is 0 Å². The van der Waals surface area contributed by atoms with Crippen LogP contribution in [0.3, 0.4) is 0 Å². The Hall–Kier alpha value is -2.20. The quantitative estimate of drug-likeness (QED) is 0.627. The molecule has 0 aliphatic carbocycles. The Morgan fingerprint density at radius 3 is 2.44 bits per heavy atom. The van der Waals surface area contributed by atoms with Crippen LogP contribution in [0.5, 0.6) is 0 Å². The Labute approximate surface area is 111 Å². The van der Waals surface area contributed by atoms with Gasteiger partial charge < -0.3 is 0 Å². The minimum absolute atomic E-state index is 0. The van der Waals surface area contributed by atoms with Crippen LogP contribution in [0, 0.1) is 10.1 Å². The fourth-order valence-corrected chi connectivity index (χ4v) is 1.44. The largest absolute Gasteiger partial charge is 0.276 e. The second kappa shape index (κ2) is 6.51. The molecule has 1 aromatic heterocycles. The van der Waals surface area contributed by atoms with E-state index in [1.807, 2.05) is 18.2 Å². The molecule has 4 nitrogen and oxygen atoms in total. The first kappa shape index (κ1) is 13.9. The zero-order chi connectivity index (χ0) is 12.1. The molecule has 0 fully saturated rings. The molecular weight excluding hydrogens is 252 g/mol. The predicted octanol–water partition coefficient (Wildman–Crippen LogP) is 3.58. The third kappa shape index (κ3) is 3.40. The second-order valence-electron chi connectivity index (χ2n) is 3.40. The molecule has 18 heavy (non-hydrogen) atoms. The van der Waals surface area contributed by atoms with Gasteiger partial charge in [0.25, 0.3) is 5.69 Å². The minimum atomic E-state index is -0.391. The highest BCUT2D eigenvalue weighted by Crippen LogP contribution is 2.19. The van der Waals surface area contributed by atoms with Crippen molar-refractivity contribution in [2.45, 2.75) is 0 Å². The van der Waals surface area contributed by atoms with E-state index in [0.29, 0.717) is 5.56 Å². The highest BCUT2D eigenvalue weighted by atomic mass is 35.5. The van der Waals surface area contributed by atoms with Gasteiger partial charge >= 0.3 is 0 Å². The normalized spacial score (nSPS) is 10.0. The number of nitro groups is 1. The third-order valence-electron chi connectivity index (χ3n) is 2.25. The van der Waals surface area contributed by atoms with E-state index in [2.05, 4.69) is 4.98 Å². The maximum Gasteiger partial charge on any atom is 0.276 e. The molecular formula is C13H11ClN2O2. The number of aromatic nitrogens is 1. The van der Waals surface area contributed by atoms with Crippen LogP contribution in [-0.2, 0) is 0 Å². The SMILES string of the molecule is Cl.O=[N+]([O-])c1ccccc1C=Cc1ccccn1. The molecule has 0 bridgehead atoms. The van der Waals surface area contributed by atoms with Gasteiger partial charge in [0.1, 0.15) is 0 Å². The van der Waals surface area contributed by atoms with Gasteiger partial charge in [0.2, 0.25) is 0 Å². The van der Waals surface area contributed by atoms with Gasteiger partial charge in [-0.1, -0.05) is 18.2 Å². The highest BCUT2D eigenvalue weighted by molar-refractivity contribution is 5.85. The number of halogens is 1. The molecule has 0 atom stereocenters. The van der Waals surface area contributed by atoms with E-state index in [0.717, 1.165) is 5.69 Å². The molecule has 2 aromatic rings. The molecule has 0 saturated heterocycles. The molecule has 0 unspecified atom stereocenters. The Kier molecular flexibility index (Phi) is 5.02. The summed E-state index contributed by atoms with van der Waals surface area (Å²) in [6.07, 6.45) is 5.13. The van der Waals surface area contributed by atoms with Crippen LogP contribution in [-0.4, -0.2) is 9.91 Å². The van der Waals surface area contributed by atoms with Crippen LogP contribution in [0.4, 0.5) is 5.69 Å². The Morgan fingerprint density at radius 1 is 1.06 bits per heavy atom. The van der Waals surface area contributed by atoms with Crippen LogP contribution in [0.1, 0.15) is 11.3 Å². The first-order valence-electron chi connectivity index (χ1n) is 5.10. The average molecular weight is 263 g/mol. The van der Waals surface area contributed by atoms with Gasteiger partial charge in [-0.05, 0) is 30.4 Å². The van der Waals surface area contributed by atoms with Crippen molar-refractivity contribution in [1.29, 1.82) is 0 Å². The molecule has 0 amide bonds. The maximum atomic E-state index is 10.8. The van der Waals surface area contributed by atoms with Crippen molar-refractivity contribution in [3.8, 4) is 0 Å². The lowest BCUT2D eigenvalue weighted by atomic mass is 10.1. The molecule has 92 valence electrons. The second-order valence-corrected chi connectivity index (χ2v) is 3.40. The summed E-state index contributed by atoms with van der Waals surface area (Å²) in [6, 6.07) is 12.1. The van der Waals surface area contributed by atoms with Crippen molar-refractivity contribution >= 4 is 30.2 Å². The smallest absolute Gasteiger partial charge is 0.258 e. The number of pyridine rings is 1. The van der Waals surface area contributed by atoms with Crippen molar-refractivity contribution in [1.82, 2.24) is 4.98 Å². The lowest BCUT2D eigenvalue weighted by Crippen LogP contribution is -1.90. The zero-order valence-electron chi connectivity index (χ0n) is 9.39. The molecule has 0 saturated carbocycles. The van der Waals surface area contributed by atoms with E-state index in [-0.39, 0.29) is 18.1 Å². The molecule has 0 radical (unpaired) electrons. The number of hydrogen-bond donors (Lipinski definition) is 0. The van der Waals surface area contributed by atoms with Crippen LogP contribution >= 0.6 is 12.4 Å². The van der Waals surface area contributed by atoms with Crippen molar-refractivity contribution in [2.75, 3.05) is 0 Å². The summed E-state index contributed by atoms with van der Waals surface area (Å²) in [4.78, 5) is 14.5. The number of nitro benzene ring substituents is 1.